The topological polar surface area (TPSA) is 52.5 Å². The SMILES string of the molecule is CN(CC1CCCN1C)c1ccc(CO)nn1. The summed E-state index contributed by atoms with van der Waals surface area (Å²) in [6.45, 7) is 2.11. The van der Waals surface area contributed by atoms with Gasteiger partial charge in [0.1, 0.15) is 0 Å². The van der Waals surface area contributed by atoms with Crippen LogP contribution in [0.3, 0.4) is 0 Å². The Morgan fingerprint density at radius 3 is 2.82 bits per heavy atom. The van der Waals surface area contributed by atoms with Crippen LogP contribution in [0.1, 0.15) is 18.5 Å². The zero-order valence-electron chi connectivity index (χ0n) is 10.5. The highest BCUT2D eigenvalue weighted by atomic mass is 16.3. The molecule has 1 aromatic rings. The molecule has 0 spiro atoms. The molecule has 0 aromatic carbocycles. The molecular formula is C12H20N4O. The predicted octanol–water partition coefficient (Wildman–Crippen LogP) is 0.499. The molecule has 1 aliphatic rings. The Hall–Kier alpha value is -1.20. The smallest absolute Gasteiger partial charge is 0.151 e. The largest absolute Gasteiger partial charge is 0.390 e. The molecule has 1 aromatic heterocycles. The van der Waals surface area contributed by atoms with Crippen LogP contribution in [0.4, 0.5) is 5.82 Å². The van der Waals surface area contributed by atoms with E-state index in [4.69, 9.17) is 5.11 Å². The predicted molar refractivity (Wildman–Crippen MR) is 66.9 cm³/mol. The van der Waals surface area contributed by atoms with E-state index in [1.165, 1.54) is 19.4 Å². The van der Waals surface area contributed by atoms with E-state index in [-0.39, 0.29) is 6.61 Å². The number of likely N-dealkylation sites (tertiary alicyclic amines) is 1. The first-order chi connectivity index (χ1) is 8.20. The molecule has 1 fully saturated rings. The third-order valence-electron chi connectivity index (χ3n) is 3.41. The summed E-state index contributed by atoms with van der Waals surface area (Å²) in [6.07, 6.45) is 2.53. The first-order valence-electron chi connectivity index (χ1n) is 6.05. The molecule has 0 bridgehead atoms. The molecule has 1 aliphatic heterocycles. The molecule has 0 radical (unpaired) electrons. The minimum absolute atomic E-state index is 0.0532. The highest BCUT2D eigenvalue weighted by Crippen LogP contribution is 2.17. The summed E-state index contributed by atoms with van der Waals surface area (Å²) in [5.41, 5.74) is 0.611. The lowest BCUT2D eigenvalue weighted by Crippen LogP contribution is -2.37. The highest BCUT2D eigenvalue weighted by molar-refractivity contribution is 5.36. The maximum absolute atomic E-state index is 8.91. The quantitative estimate of drug-likeness (QED) is 0.825. The summed E-state index contributed by atoms with van der Waals surface area (Å²) in [5.74, 6) is 0.863. The third-order valence-corrected chi connectivity index (χ3v) is 3.41. The number of anilines is 1. The van der Waals surface area contributed by atoms with E-state index in [2.05, 4.69) is 27.0 Å². The van der Waals surface area contributed by atoms with Crippen LogP contribution in [-0.2, 0) is 6.61 Å². The number of aromatic nitrogens is 2. The van der Waals surface area contributed by atoms with Crippen molar-refractivity contribution in [3.8, 4) is 0 Å². The lowest BCUT2D eigenvalue weighted by Gasteiger charge is -2.26. The van der Waals surface area contributed by atoms with Crippen LogP contribution >= 0.6 is 0 Å². The zero-order chi connectivity index (χ0) is 12.3. The Labute approximate surface area is 102 Å². The van der Waals surface area contributed by atoms with Gasteiger partial charge in [0.05, 0.1) is 12.3 Å². The molecule has 1 saturated heterocycles. The monoisotopic (exact) mass is 236 g/mol. The molecule has 1 atom stereocenters. The lowest BCUT2D eigenvalue weighted by molar-refractivity contribution is 0.275. The van der Waals surface area contributed by atoms with E-state index in [9.17, 15) is 0 Å². The summed E-state index contributed by atoms with van der Waals surface area (Å²) in [5, 5.41) is 17.0. The fourth-order valence-electron chi connectivity index (χ4n) is 2.26. The fraction of sp³-hybridized carbons (Fsp3) is 0.667. The molecular weight excluding hydrogens is 216 g/mol. The van der Waals surface area contributed by atoms with Crippen molar-refractivity contribution in [3.05, 3.63) is 17.8 Å². The number of rotatable bonds is 4. The van der Waals surface area contributed by atoms with Gasteiger partial charge in [0.15, 0.2) is 5.82 Å². The Bertz CT molecular complexity index is 354. The van der Waals surface area contributed by atoms with Crippen LogP contribution in [0.15, 0.2) is 12.1 Å². The minimum atomic E-state index is -0.0532. The summed E-state index contributed by atoms with van der Waals surface area (Å²) in [4.78, 5) is 4.52. The van der Waals surface area contributed by atoms with Gasteiger partial charge in [0.2, 0.25) is 0 Å². The van der Waals surface area contributed by atoms with Crippen molar-refractivity contribution in [1.82, 2.24) is 15.1 Å². The fourth-order valence-corrected chi connectivity index (χ4v) is 2.26. The van der Waals surface area contributed by atoms with Gasteiger partial charge >= 0.3 is 0 Å². The average Bonchev–Trinajstić information content (AvgIpc) is 2.75. The Kier molecular flexibility index (Phi) is 3.91. The van der Waals surface area contributed by atoms with Gasteiger partial charge in [0.25, 0.3) is 0 Å². The van der Waals surface area contributed by atoms with Crippen molar-refractivity contribution in [2.75, 3.05) is 32.1 Å². The molecule has 2 rings (SSSR count). The molecule has 0 aliphatic carbocycles. The van der Waals surface area contributed by atoms with Crippen molar-refractivity contribution in [1.29, 1.82) is 0 Å². The van der Waals surface area contributed by atoms with E-state index < -0.39 is 0 Å². The molecule has 1 N–H and O–H groups in total. The van der Waals surface area contributed by atoms with Gasteiger partial charge in [0, 0.05) is 19.6 Å². The highest BCUT2D eigenvalue weighted by Gasteiger charge is 2.22. The molecule has 5 heteroatoms. The van der Waals surface area contributed by atoms with Gasteiger partial charge in [-0.3, -0.25) is 0 Å². The number of hydrogen-bond donors (Lipinski definition) is 1. The first-order valence-corrected chi connectivity index (χ1v) is 6.05. The summed E-state index contributed by atoms with van der Waals surface area (Å²) < 4.78 is 0. The van der Waals surface area contributed by atoms with Gasteiger partial charge in [-0.1, -0.05) is 0 Å². The van der Waals surface area contributed by atoms with Crippen LogP contribution < -0.4 is 4.90 Å². The molecule has 1 unspecified atom stereocenters. The van der Waals surface area contributed by atoms with Crippen molar-refractivity contribution < 1.29 is 5.11 Å². The van der Waals surface area contributed by atoms with Crippen molar-refractivity contribution >= 4 is 5.82 Å². The number of aliphatic hydroxyl groups is 1. The van der Waals surface area contributed by atoms with E-state index in [1.54, 1.807) is 0 Å². The van der Waals surface area contributed by atoms with Crippen LogP contribution in [0.5, 0.6) is 0 Å². The van der Waals surface area contributed by atoms with Crippen LogP contribution in [0, 0.1) is 0 Å². The van der Waals surface area contributed by atoms with Crippen molar-refractivity contribution in [2.45, 2.75) is 25.5 Å². The third kappa shape index (κ3) is 2.92. The second-order valence-electron chi connectivity index (χ2n) is 4.70. The van der Waals surface area contributed by atoms with E-state index in [0.29, 0.717) is 11.7 Å². The summed E-state index contributed by atoms with van der Waals surface area (Å²) in [6, 6.07) is 4.34. The van der Waals surface area contributed by atoms with Gasteiger partial charge in [-0.2, -0.15) is 5.10 Å². The number of likely N-dealkylation sites (N-methyl/N-ethyl adjacent to an activating group) is 2. The normalized spacial score (nSPS) is 20.8. The summed E-state index contributed by atoms with van der Waals surface area (Å²) in [7, 11) is 4.21. The van der Waals surface area contributed by atoms with Gasteiger partial charge in [-0.15, -0.1) is 5.10 Å². The maximum atomic E-state index is 8.91. The van der Waals surface area contributed by atoms with Gasteiger partial charge in [-0.25, -0.2) is 0 Å². The Morgan fingerprint density at radius 1 is 1.47 bits per heavy atom. The van der Waals surface area contributed by atoms with E-state index in [0.717, 1.165) is 12.4 Å². The molecule has 17 heavy (non-hydrogen) atoms. The number of aliphatic hydroxyl groups excluding tert-OH is 1. The average molecular weight is 236 g/mol. The molecule has 0 amide bonds. The molecule has 94 valence electrons. The molecule has 5 nitrogen and oxygen atoms in total. The summed E-state index contributed by atoms with van der Waals surface area (Å²) >= 11 is 0. The second-order valence-corrected chi connectivity index (χ2v) is 4.70. The number of nitrogens with zero attached hydrogens (tertiary/aromatic N) is 4. The zero-order valence-corrected chi connectivity index (χ0v) is 10.5. The van der Waals surface area contributed by atoms with Crippen molar-refractivity contribution in [2.24, 2.45) is 0 Å². The Balaban J connectivity index is 1.96. The van der Waals surface area contributed by atoms with Crippen molar-refractivity contribution in [3.63, 3.8) is 0 Å². The van der Waals surface area contributed by atoms with Crippen LogP contribution in [0.25, 0.3) is 0 Å². The Morgan fingerprint density at radius 2 is 2.29 bits per heavy atom. The first kappa shape index (κ1) is 12.3. The lowest BCUT2D eigenvalue weighted by atomic mass is 10.2. The van der Waals surface area contributed by atoms with Gasteiger partial charge in [-0.05, 0) is 38.6 Å². The second kappa shape index (κ2) is 5.42. The minimum Gasteiger partial charge on any atom is -0.390 e. The molecule has 2 heterocycles. The van der Waals surface area contributed by atoms with Gasteiger partial charge < -0.3 is 14.9 Å². The van der Waals surface area contributed by atoms with E-state index >= 15 is 0 Å². The van der Waals surface area contributed by atoms with Crippen LogP contribution in [0.2, 0.25) is 0 Å². The maximum Gasteiger partial charge on any atom is 0.151 e. The standard InChI is InChI=1S/C12H20N4O/c1-15-7-3-4-11(15)8-16(2)12-6-5-10(9-17)13-14-12/h5-6,11,17H,3-4,7-9H2,1-2H3. The van der Waals surface area contributed by atoms with Crippen LogP contribution in [-0.4, -0.2) is 53.4 Å². The molecule has 0 saturated carbocycles. The number of hydrogen-bond acceptors (Lipinski definition) is 5. The van der Waals surface area contributed by atoms with E-state index in [1.807, 2.05) is 19.2 Å².